The van der Waals surface area contributed by atoms with Crippen LogP contribution in [0.2, 0.25) is 0 Å². The van der Waals surface area contributed by atoms with Crippen LogP contribution in [-0.4, -0.2) is 48.9 Å². The Morgan fingerprint density at radius 3 is 2.50 bits per heavy atom. The van der Waals surface area contributed by atoms with E-state index in [-0.39, 0.29) is 11.7 Å². The van der Waals surface area contributed by atoms with E-state index < -0.39 is 11.9 Å². The smallest absolute Gasteiger partial charge is 0.306 e. The van der Waals surface area contributed by atoms with Crippen molar-refractivity contribution in [1.82, 2.24) is 4.90 Å². The predicted octanol–water partition coefficient (Wildman–Crippen LogP) is 6.22. The van der Waals surface area contributed by atoms with Crippen LogP contribution in [-0.2, 0) is 14.4 Å². The quantitative estimate of drug-likeness (QED) is 0.275. The zero-order chi connectivity index (χ0) is 26.3. The van der Waals surface area contributed by atoms with Gasteiger partial charge in [-0.3, -0.25) is 14.4 Å². The van der Waals surface area contributed by atoms with Crippen LogP contribution in [0.3, 0.4) is 0 Å². The second kappa shape index (κ2) is 15.8. The largest absolute Gasteiger partial charge is 0.497 e. The maximum Gasteiger partial charge on any atom is 0.306 e. The molecule has 0 saturated carbocycles. The average Bonchev–Trinajstić information content (AvgIpc) is 2.86. The number of carboxylic acids is 1. The summed E-state index contributed by atoms with van der Waals surface area (Å²) in [6, 6.07) is 7.85. The molecule has 1 amide bonds. The molecule has 196 valence electrons. The lowest BCUT2D eigenvalue weighted by Gasteiger charge is -2.19. The normalized spacial score (nSPS) is 14.4. The third-order valence-electron chi connectivity index (χ3n) is 6.58. The lowest BCUT2D eigenvalue weighted by molar-refractivity contribution is -0.142. The van der Waals surface area contributed by atoms with Crippen LogP contribution in [0.4, 0.5) is 0 Å². The van der Waals surface area contributed by atoms with Crippen LogP contribution < -0.4 is 4.74 Å². The van der Waals surface area contributed by atoms with E-state index >= 15 is 0 Å². The Hall–Kier alpha value is -3.15. The van der Waals surface area contributed by atoms with E-state index in [0.29, 0.717) is 31.3 Å². The van der Waals surface area contributed by atoms with E-state index in [1.165, 1.54) is 0 Å². The third kappa shape index (κ3) is 10.2. The van der Waals surface area contributed by atoms with Gasteiger partial charge < -0.3 is 14.7 Å². The third-order valence-corrected chi connectivity index (χ3v) is 6.58. The number of methoxy groups -OCH3 is 1. The van der Waals surface area contributed by atoms with E-state index in [9.17, 15) is 19.5 Å². The van der Waals surface area contributed by atoms with Crippen LogP contribution in [0, 0.1) is 5.92 Å². The summed E-state index contributed by atoms with van der Waals surface area (Å²) in [5.41, 5.74) is 2.76. The summed E-state index contributed by atoms with van der Waals surface area (Å²) in [4.78, 5) is 37.9. The maximum absolute atomic E-state index is 12.6. The van der Waals surface area contributed by atoms with E-state index in [2.05, 4.69) is 12.2 Å². The van der Waals surface area contributed by atoms with Gasteiger partial charge in [0, 0.05) is 26.9 Å². The van der Waals surface area contributed by atoms with Crippen LogP contribution in [0.5, 0.6) is 5.75 Å². The number of unbranched alkanes of at least 4 members (excludes halogenated alkanes) is 4. The molecule has 0 bridgehead atoms. The van der Waals surface area contributed by atoms with E-state index in [0.717, 1.165) is 61.8 Å². The molecule has 1 aliphatic carbocycles. The number of carbonyl (C=O) groups is 3. The van der Waals surface area contributed by atoms with Crippen molar-refractivity contribution < 1.29 is 24.2 Å². The number of carboxylic acid groups (broad SMARTS) is 1. The van der Waals surface area contributed by atoms with Crippen molar-refractivity contribution in [2.45, 2.75) is 70.6 Å². The first-order chi connectivity index (χ1) is 17.3. The van der Waals surface area contributed by atoms with Gasteiger partial charge in [-0.15, -0.1) is 0 Å². The number of ether oxygens (including phenoxy) is 1. The first-order valence-electron chi connectivity index (χ1n) is 13.0. The summed E-state index contributed by atoms with van der Waals surface area (Å²) in [7, 11) is 5.16. The molecule has 0 heterocycles. The summed E-state index contributed by atoms with van der Waals surface area (Å²) in [6.07, 6.45) is 15.7. The molecule has 1 aromatic rings. The van der Waals surface area contributed by atoms with Gasteiger partial charge in [-0.05, 0) is 73.8 Å². The van der Waals surface area contributed by atoms with Crippen molar-refractivity contribution in [3.63, 3.8) is 0 Å². The highest BCUT2D eigenvalue weighted by Crippen LogP contribution is 2.29. The maximum atomic E-state index is 12.6. The molecule has 36 heavy (non-hydrogen) atoms. The number of rotatable bonds is 16. The summed E-state index contributed by atoms with van der Waals surface area (Å²) in [6.45, 7) is 0. The molecule has 2 rings (SSSR count). The topological polar surface area (TPSA) is 83.9 Å². The SMILES string of the molecule is COc1ccc(/C=C/CCCCC(CC2=C(CCCCCC(=O)N(C)C)C=CCC2=O)C(=O)O)cc1. The monoisotopic (exact) mass is 495 g/mol. The van der Waals surface area contributed by atoms with Crippen LogP contribution in [0.25, 0.3) is 6.08 Å². The van der Waals surface area contributed by atoms with Gasteiger partial charge in [0.15, 0.2) is 5.78 Å². The fourth-order valence-corrected chi connectivity index (χ4v) is 4.33. The van der Waals surface area contributed by atoms with E-state index in [4.69, 9.17) is 4.74 Å². The molecule has 1 unspecified atom stereocenters. The van der Waals surface area contributed by atoms with Gasteiger partial charge in [-0.25, -0.2) is 0 Å². The standard InChI is InChI=1S/C30H41NO5/c1-31(2)29(33)17-10-6-9-13-24-15-11-16-28(32)27(24)22-25(30(34)35)14-8-5-4-7-12-23-18-20-26(36-3)21-19-23/h7,11-12,15,18-21,25H,4-6,8-10,13-14,16-17,22H2,1-3H3,(H,34,35)/b12-7+. The number of hydrogen-bond acceptors (Lipinski definition) is 4. The Bertz CT molecular complexity index is 956. The molecule has 1 aliphatic rings. The Balaban J connectivity index is 1.82. The second-order valence-electron chi connectivity index (χ2n) is 9.58. The van der Waals surface area contributed by atoms with Crippen molar-refractivity contribution in [3.8, 4) is 5.75 Å². The van der Waals surface area contributed by atoms with Gasteiger partial charge in [-0.2, -0.15) is 0 Å². The highest BCUT2D eigenvalue weighted by atomic mass is 16.5. The zero-order valence-corrected chi connectivity index (χ0v) is 22.0. The average molecular weight is 496 g/mol. The molecule has 0 radical (unpaired) electrons. The molecule has 1 aromatic carbocycles. The van der Waals surface area contributed by atoms with Gasteiger partial charge in [0.2, 0.25) is 5.91 Å². The number of aliphatic carboxylic acids is 1. The van der Waals surface area contributed by atoms with Crippen LogP contribution >= 0.6 is 0 Å². The van der Waals surface area contributed by atoms with Gasteiger partial charge in [-0.1, -0.05) is 49.3 Å². The number of benzene rings is 1. The Labute approximate surface area is 215 Å². The zero-order valence-electron chi connectivity index (χ0n) is 22.0. The molecule has 6 nitrogen and oxygen atoms in total. The van der Waals surface area contributed by atoms with Crippen molar-refractivity contribution in [1.29, 1.82) is 0 Å². The van der Waals surface area contributed by atoms with Crippen molar-refractivity contribution in [2.24, 2.45) is 5.92 Å². The molecule has 0 spiro atoms. The van der Waals surface area contributed by atoms with E-state index in [1.54, 1.807) is 26.1 Å². The summed E-state index contributed by atoms with van der Waals surface area (Å²) >= 11 is 0. The Kier molecular flexibility index (Phi) is 12.7. The minimum absolute atomic E-state index is 0.0453. The summed E-state index contributed by atoms with van der Waals surface area (Å²) in [5, 5.41) is 9.80. The fourth-order valence-electron chi connectivity index (χ4n) is 4.33. The Morgan fingerprint density at radius 1 is 1.08 bits per heavy atom. The molecular formula is C30H41NO5. The molecule has 6 heteroatoms. The van der Waals surface area contributed by atoms with Crippen molar-refractivity contribution in [3.05, 3.63) is 59.2 Å². The van der Waals surface area contributed by atoms with Gasteiger partial charge in [0.1, 0.15) is 5.75 Å². The number of amides is 1. The van der Waals surface area contributed by atoms with Gasteiger partial charge in [0.05, 0.1) is 13.0 Å². The number of hydrogen-bond donors (Lipinski definition) is 1. The first kappa shape index (κ1) is 29.1. The highest BCUT2D eigenvalue weighted by Gasteiger charge is 2.25. The van der Waals surface area contributed by atoms with E-state index in [1.807, 2.05) is 36.4 Å². The van der Waals surface area contributed by atoms with Crippen LogP contribution in [0.1, 0.15) is 76.2 Å². The highest BCUT2D eigenvalue weighted by molar-refractivity contribution is 5.99. The van der Waals surface area contributed by atoms with Gasteiger partial charge >= 0.3 is 5.97 Å². The van der Waals surface area contributed by atoms with Crippen LogP contribution in [0.15, 0.2) is 53.6 Å². The lowest BCUT2D eigenvalue weighted by atomic mass is 9.84. The molecule has 1 N–H and O–H groups in total. The molecule has 1 atom stereocenters. The number of allylic oxidation sites excluding steroid dienone is 5. The lowest BCUT2D eigenvalue weighted by Crippen LogP contribution is -2.21. The number of ketones is 1. The molecule has 0 aromatic heterocycles. The molecule has 0 aliphatic heterocycles. The minimum Gasteiger partial charge on any atom is -0.497 e. The Morgan fingerprint density at radius 2 is 1.83 bits per heavy atom. The summed E-state index contributed by atoms with van der Waals surface area (Å²) in [5.74, 6) is -0.380. The number of Topliss-reactive ketones (excluding diaryl/α,β-unsaturated/α-hetero) is 1. The number of nitrogens with zero attached hydrogens (tertiary/aromatic N) is 1. The molecule has 0 fully saturated rings. The molecule has 0 saturated heterocycles. The first-order valence-corrected chi connectivity index (χ1v) is 13.0. The fraction of sp³-hybridized carbons (Fsp3) is 0.500. The second-order valence-corrected chi connectivity index (χ2v) is 9.58. The summed E-state index contributed by atoms with van der Waals surface area (Å²) < 4.78 is 5.17. The van der Waals surface area contributed by atoms with Gasteiger partial charge in [0.25, 0.3) is 0 Å². The number of carbonyl (C=O) groups excluding carboxylic acids is 2. The van der Waals surface area contributed by atoms with Crippen molar-refractivity contribution in [2.75, 3.05) is 21.2 Å². The molecular weight excluding hydrogens is 454 g/mol. The van der Waals surface area contributed by atoms with Crippen molar-refractivity contribution >= 4 is 23.7 Å². The minimum atomic E-state index is -0.833. The predicted molar refractivity (Wildman–Crippen MR) is 144 cm³/mol.